The quantitative estimate of drug-likeness (QED) is 0.565. The number of hydrogen-bond donors (Lipinski definition) is 0. The molecule has 3 rings (SSSR count). The smallest absolute Gasteiger partial charge is 0.224 e. The molecule has 8 heteroatoms. The highest BCUT2D eigenvalue weighted by atomic mass is 32.2. The Kier molecular flexibility index (Phi) is 7.77. The number of nitrogens with zero attached hydrogens (tertiary/aromatic N) is 3. The zero-order valence-electron chi connectivity index (χ0n) is 15.5. The van der Waals surface area contributed by atoms with E-state index in [2.05, 4.69) is 9.55 Å². The van der Waals surface area contributed by atoms with Crippen LogP contribution in [-0.4, -0.2) is 63.3 Å². The van der Waals surface area contributed by atoms with E-state index in [9.17, 15) is 4.79 Å². The van der Waals surface area contributed by atoms with Gasteiger partial charge in [-0.3, -0.25) is 4.79 Å². The molecule has 0 spiro atoms. The van der Waals surface area contributed by atoms with Crippen molar-refractivity contribution in [1.82, 2.24) is 14.5 Å². The summed E-state index contributed by atoms with van der Waals surface area (Å²) in [6.45, 7) is 2.24. The number of methoxy groups -OCH3 is 1. The predicted molar refractivity (Wildman–Crippen MR) is 111 cm³/mol. The minimum atomic E-state index is 0.0931. The zero-order valence-corrected chi connectivity index (χ0v) is 17.1. The molecule has 6 nitrogen and oxygen atoms in total. The lowest BCUT2D eigenvalue weighted by Crippen LogP contribution is -2.38. The Balaban J connectivity index is 1.36. The largest absolute Gasteiger partial charge is 0.497 e. The van der Waals surface area contributed by atoms with E-state index in [0.29, 0.717) is 13.0 Å². The van der Waals surface area contributed by atoms with Crippen LogP contribution in [0.1, 0.15) is 6.42 Å². The first-order valence-corrected chi connectivity index (χ1v) is 11.2. The summed E-state index contributed by atoms with van der Waals surface area (Å²) in [4.78, 5) is 18.5. The summed E-state index contributed by atoms with van der Waals surface area (Å²) in [5, 5.41) is 0.0931. The van der Waals surface area contributed by atoms with Crippen molar-refractivity contribution in [2.75, 3.05) is 37.5 Å². The molecule has 0 aliphatic carbocycles. The van der Waals surface area contributed by atoms with Crippen molar-refractivity contribution < 1.29 is 14.3 Å². The average Bonchev–Trinajstić information content (AvgIpc) is 3.38. The first-order chi connectivity index (χ1) is 13.3. The standard InChI is InChI=1S/C19H25N3O3S2/c1-24-16-2-4-17(5-3-16)25-14-19-22(10-13-27-19)18(23)6-11-26-12-9-21-8-7-20-15-21/h2-5,7-8,15,19H,6,9-14H2,1H3. The molecule has 0 N–H and O–H groups in total. The number of hydrogen-bond acceptors (Lipinski definition) is 6. The summed E-state index contributed by atoms with van der Waals surface area (Å²) < 4.78 is 13.1. The number of aromatic nitrogens is 2. The third-order valence-electron chi connectivity index (χ3n) is 4.28. The van der Waals surface area contributed by atoms with Crippen LogP contribution >= 0.6 is 23.5 Å². The number of aryl methyl sites for hydroxylation is 1. The minimum Gasteiger partial charge on any atom is -0.497 e. The van der Waals surface area contributed by atoms with Gasteiger partial charge >= 0.3 is 0 Å². The molecule has 1 unspecified atom stereocenters. The van der Waals surface area contributed by atoms with E-state index in [1.807, 2.05) is 53.5 Å². The van der Waals surface area contributed by atoms with Crippen molar-refractivity contribution in [1.29, 1.82) is 0 Å². The molecule has 0 saturated carbocycles. The highest BCUT2D eigenvalue weighted by Crippen LogP contribution is 2.26. The molecule has 1 atom stereocenters. The van der Waals surface area contributed by atoms with Crippen LogP contribution in [0.25, 0.3) is 0 Å². The number of thioether (sulfide) groups is 2. The SMILES string of the molecule is COc1ccc(OCC2SCCN2C(=O)CCSCCn2ccnc2)cc1. The molecule has 2 aromatic rings. The topological polar surface area (TPSA) is 56.6 Å². The first-order valence-electron chi connectivity index (χ1n) is 8.97. The maximum absolute atomic E-state index is 12.6. The lowest BCUT2D eigenvalue weighted by Gasteiger charge is -2.24. The molecule has 1 amide bonds. The normalized spacial score (nSPS) is 16.5. The van der Waals surface area contributed by atoms with Gasteiger partial charge in [-0.05, 0) is 24.3 Å². The molecule has 27 heavy (non-hydrogen) atoms. The van der Waals surface area contributed by atoms with Gasteiger partial charge < -0.3 is 18.9 Å². The van der Waals surface area contributed by atoms with E-state index in [4.69, 9.17) is 9.47 Å². The van der Waals surface area contributed by atoms with E-state index < -0.39 is 0 Å². The van der Waals surface area contributed by atoms with Gasteiger partial charge in [-0.2, -0.15) is 11.8 Å². The summed E-state index contributed by atoms with van der Waals surface area (Å²) in [6.07, 6.45) is 6.14. The van der Waals surface area contributed by atoms with Gasteiger partial charge in [0.15, 0.2) is 0 Å². The third-order valence-corrected chi connectivity index (χ3v) is 6.43. The van der Waals surface area contributed by atoms with Crippen LogP contribution in [0.4, 0.5) is 0 Å². The number of carbonyl (C=O) groups excluding carboxylic acids is 1. The van der Waals surface area contributed by atoms with Crippen molar-refractivity contribution in [3.63, 3.8) is 0 Å². The molecular formula is C19H25N3O3S2. The van der Waals surface area contributed by atoms with Gasteiger partial charge in [-0.1, -0.05) is 0 Å². The Bertz CT molecular complexity index is 695. The van der Waals surface area contributed by atoms with Crippen LogP contribution in [0.2, 0.25) is 0 Å². The fourth-order valence-electron chi connectivity index (χ4n) is 2.78. The zero-order chi connectivity index (χ0) is 18.9. The summed E-state index contributed by atoms with van der Waals surface area (Å²) in [7, 11) is 1.64. The molecule has 1 aromatic carbocycles. The Morgan fingerprint density at radius 2 is 2.11 bits per heavy atom. The van der Waals surface area contributed by atoms with Crippen LogP contribution in [-0.2, 0) is 11.3 Å². The lowest BCUT2D eigenvalue weighted by atomic mass is 10.3. The fraction of sp³-hybridized carbons (Fsp3) is 0.474. The van der Waals surface area contributed by atoms with Crippen LogP contribution in [0.15, 0.2) is 43.0 Å². The average molecular weight is 408 g/mol. The highest BCUT2D eigenvalue weighted by molar-refractivity contribution is 8.00. The Morgan fingerprint density at radius 1 is 1.30 bits per heavy atom. The van der Waals surface area contributed by atoms with Crippen molar-refractivity contribution in [2.24, 2.45) is 0 Å². The number of ether oxygens (including phenoxy) is 2. The minimum absolute atomic E-state index is 0.0931. The van der Waals surface area contributed by atoms with Crippen molar-refractivity contribution in [3.8, 4) is 11.5 Å². The predicted octanol–water partition coefficient (Wildman–Crippen LogP) is 3.00. The van der Waals surface area contributed by atoms with Crippen molar-refractivity contribution in [2.45, 2.75) is 18.3 Å². The molecule has 146 valence electrons. The molecule has 1 aliphatic rings. The molecule has 0 bridgehead atoms. The van der Waals surface area contributed by atoms with E-state index >= 15 is 0 Å². The molecule has 2 heterocycles. The maximum atomic E-state index is 12.6. The molecule has 0 radical (unpaired) electrons. The Morgan fingerprint density at radius 3 is 2.85 bits per heavy atom. The van der Waals surface area contributed by atoms with Gasteiger partial charge in [0.05, 0.1) is 13.4 Å². The van der Waals surface area contributed by atoms with E-state index in [-0.39, 0.29) is 11.3 Å². The third kappa shape index (κ3) is 6.10. The van der Waals surface area contributed by atoms with E-state index in [1.54, 1.807) is 25.1 Å². The summed E-state index contributed by atoms with van der Waals surface area (Å²) in [5.41, 5.74) is 0. The number of amides is 1. The number of carbonyl (C=O) groups is 1. The van der Waals surface area contributed by atoms with Crippen molar-refractivity contribution >= 4 is 29.4 Å². The number of rotatable bonds is 10. The van der Waals surface area contributed by atoms with Gasteiger partial charge in [-0.25, -0.2) is 4.98 Å². The summed E-state index contributed by atoms with van der Waals surface area (Å²) in [5.74, 6) is 4.63. The van der Waals surface area contributed by atoms with Gasteiger partial charge in [0.25, 0.3) is 0 Å². The molecule has 1 saturated heterocycles. The molecule has 1 aromatic heterocycles. The monoisotopic (exact) mass is 407 g/mol. The summed E-state index contributed by atoms with van der Waals surface area (Å²) in [6, 6.07) is 7.53. The fourth-order valence-corrected chi connectivity index (χ4v) is 4.78. The maximum Gasteiger partial charge on any atom is 0.224 e. The van der Waals surface area contributed by atoms with Crippen LogP contribution in [0.5, 0.6) is 11.5 Å². The summed E-state index contributed by atoms with van der Waals surface area (Å²) >= 11 is 3.59. The van der Waals surface area contributed by atoms with Crippen molar-refractivity contribution in [3.05, 3.63) is 43.0 Å². The second-order valence-corrected chi connectivity index (χ2v) is 8.57. The second-order valence-electron chi connectivity index (χ2n) is 6.06. The highest BCUT2D eigenvalue weighted by Gasteiger charge is 2.29. The Labute approximate surface area is 168 Å². The van der Waals surface area contributed by atoms with Gasteiger partial charge in [0, 0.05) is 49.2 Å². The van der Waals surface area contributed by atoms with E-state index in [0.717, 1.165) is 41.8 Å². The molecule has 1 fully saturated rings. The number of benzene rings is 1. The Hall–Kier alpha value is -1.80. The molecule has 1 aliphatic heterocycles. The van der Waals surface area contributed by atoms with Crippen LogP contribution < -0.4 is 9.47 Å². The van der Waals surface area contributed by atoms with Crippen LogP contribution in [0, 0.1) is 0 Å². The first kappa shape index (κ1) is 19.9. The van der Waals surface area contributed by atoms with E-state index in [1.165, 1.54) is 0 Å². The van der Waals surface area contributed by atoms with Gasteiger partial charge in [0.1, 0.15) is 23.5 Å². The second kappa shape index (κ2) is 10.5. The van der Waals surface area contributed by atoms with Gasteiger partial charge in [0.2, 0.25) is 5.91 Å². The number of imidazole rings is 1. The van der Waals surface area contributed by atoms with Gasteiger partial charge in [-0.15, -0.1) is 11.8 Å². The lowest BCUT2D eigenvalue weighted by molar-refractivity contribution is -0.131. The molecular weight excluding hydrogens is 382 g/mol. The van der Waals surface area contributed by atoms with Crippen LogP contribution in [0.3, 0.4) is 0 Å².